The van der Waals surface area contributed by atoms with Crippen LogP contribution in [0.1, 0.15) is 73.6 Å². The van der Waals surface area contributed by atoms with Gasteiger partial charge in [0, 0.05) is 68.7 Å². The van der Waals surface area contributed by atoms with Crippen molar-refractivity contribution < 1.29 is 56.0 Å². The van der Waals surface area contributed by atoms with Gasteiger partial charge in [0.25, 0.3) is 5.91 Å². The molecule has 3 N–H and O–H groups in total. The maximum absolute atomic E-state index is 14.1. The molecular weight excluding hydrogens is 942 g/mol. The molecule has 5 heterocycles. The highest BCUT2D eigenvalue weighted by Crippen LogP contribution is 2.37. The largest absolute Gasteiger partial charge is 0.491 e. The maximum atomic E-state index is 14.1. The number of hydrogen-bond acceptors (Lipinski definition) is 15. The fraction of sp³-hybridized carbons (Fsp3) is 0.560. The summed E-state index contributed by atoms with van der Waals surface area (Å²) in [5, 5.41) is 9.32. The summed E-state index contributed by atoms with van der Waals surface area (Å²) in [5.74, 6) is -0.822. The standard InChI is InChI=1S/C50H65F3N10O9/c1-32(2)61(3)35-8-10-43(63-16-12-40(49(63)67)59-46-37-26-34(50(51,52)53)7-9-39(37)57-31-58-46)41(27-35)60-48(66)42-28-36(11-14-55-42)72-25-24-71-23-22-70-21-20-69-19-18-68-17-15-56-47(65)38-29-44(64)62(4)45(38)33-6-5-13-54-30-33/h5-7,9,11,13-14,26,28,30-32,35,38,40-41,43,45H,8,10,12,15-25,27,29H2,1-4H3,(H,56,65)(H,60,66)(H,57,58,59)/t35-,38+,40+,41-,43+,45-/m1/s1. The molecule has 0 bridgehead atoms. The summed E-state index contributed by atoms with van der Waals surface area (Å²) < 4.78 is 69.0. The van der Waals surface area contributed by atoms with Gasteiger partial charge in [0.15, 0.2) is 0 Å². The number of fused-ring (bicyclic) bond motifs is 1. The predicted molar refractivity (Wildman–Crippen MR) is 258 cm³/mol. The molecule has 0 spiro atoms. The number of halogens is 3. The molecule has 1 aliphatic carbocycles. The van der Waals surface area contributed by atoms with E-state index in [0.29, 0.717) is 89.9 Å². The third-order valence-corrected chi connectivity index (χ3v) is 13.5. The molecule has 4 aromatic rings. The van der Waals surface area contributed by atoms with Crippen LogP contribution in [-0.4, -0.2) is 175 Å². The number of hydrogen-bond donors (Lipinski definition) is 3. The number of likely N-dealkylation sites (tertiary alicyclic amines) is 2. The van der Waals surface area contributed by atoms with E-state index in [1.807, 2.05) is 6.07 Å². The van der Waals surface area contributed by atoms with Crippen molar-refractivity contribution in [1.29, 1.82) is 0 Å². The van der Waals surface area contributed by atoms with E-state index in [4.69, 9.17) is 23.7 Å². The molecule has 22 heteroatoms. The van der Waals surface area contributed by atoms with E-state index in [9.17, 15) is 32.3 Å². The lowest BCUT2D eigenvalue weighted by atomic mass is 9.84. The molecule has 2 aliphatic heterocycles. The zero-order valence-electron chi connectivity index (χ0n) is 41.1. The van der Waals surface area contributed by atoms with Gasteiger partial charge in [-0.2, -0.15) is 13.2 Å². The van der Waals surface area contributed by atoms with Gasteiger partial charge in [-0.15, -0.1) is 0 Å². The number of anilines is 1. The maximum Gasteiger partial charge on any atom is 0.416 e. The lowest BCUT2D eigenvalue weighted by Gasteiger charge is -2.44. The van der Waals surface area contributed by atoms with Crippen molar-refractivity contribution in [2.45, 2.75) is 88.4 Å². The molecule has 1 saturated carbocycles. The van der Waals surface area contributed by atoms with Crippen LogP contribution in [0.15, 0.2) is 67.4 Å². The van der Waals surface area contributed by atoms with Crippen molar-refractivity contribution in [3.05, 3.63) is 84.2 Å². The predicted octanol–water partition coefficient (Wildman–Crippen LogP) is 4.29. The first-order valence-corrected chi connectivity index (χ1v) is 24.4. The number of carbonyl (C=O) groups excluding carboxylic acids is 4. The van der Waals surface area contributed by atoms with E-state index in [2.05, 4.69) is 61.7 Å². The van der Waals surface area contributed by atoms with E-state index in [0.717, 1.165) is 24.1 Å². The topological polar surface area (TPSA) is 212 Å². The van der Waals surface area contributed by atoms with E-state index in [1.54, 1.807) is 47.4 Å². The average Bonchev–Trinajstić information content (AvgIpc) is 3.89. The number of pyridine rings is 2. The summed E-state index contributed by atoms with van der Waals surface area (Å²) in [6.45, 7) is 7.85. The molecule has 4 amide bonds. The number of aromatic nitrogens is 4. The van der Waals surface area contributed by atoms with E-state index >= 15 is 0 Å². The number of alkyl halides is 3. The van der Waals surface area contributed by atoms with Gasteiger partial charge in [0.05, 0.1) is 88.0 Å². The van der Waals surface area contributed by atoms with Crippen LogP contribution in [0, 0.1) is 5.92 Å². The number of nitrogens with one attached hydrogen (secondary N) is 3. The summed E-state index contributed by atoms with van der Waals surface area (Å²) in [4.78, 5) is 75.6. The van der Waals surface area contributed by atoms with Gasteiger partial charge in [0.1, 0.15) is 36.2 Å². The van der Waals surface area contributed by atoms with Crippen molar-refractivity contribution in [1.82, 2.24) is 45.3 Å². The van der Waals surface area contributed by atoms with Crippen LogP contribution >= 0.6 is 0 Å². The minimum absolute atomic E-state index is 0.0822. The third kappa shape index (κ3) is 14.1. The fourth-order valence-corrected chi connectivity index (χ4v) is 9.47. The second-order valence-corrected chi connectivity index (χ2v) is 18.4. The van der Waals surface area contributed by atoms with Crippen LogP contribution in [0.2, 0.25) is 0 Å². The first-order chi connectivity index (χ1) is 34.7. The van der Waals surface area contributed by atoms with E-state index < -0.39 is 35.6 Å². The van der Waals surface area contributed by atoms with Gasteiger partial charge in [-0.25, -0.2) is 9.97 Å². The normalized spacial score (nSPS) is 21.5. The van der Waals surface area contributed by atoms with E-state index in [1.165, 1.54) is 18.6 Å². The Hall–Kier alpha value is -6.07. The zero-order valence-corrected chi connectivity index (χ0v) is 41.1. The summed E-state index contributed by atoms with van der Waals surface area (Å²) in [5.41, 5.74) is 0.459. The number of benzene rings is 1. The van der Waals surface area contributed by atoms with Crippen LogP contribution in [0.3, 0.4) is 0 Å². The quantitative estimate of drug-likeness (QED) is 0.0791. The highest BCUT2D eigenvalue weighted by atomic mass is 19.4. The highest BCUT2D eigenvalue weighted by molar-refractivity contribution is 5.94. The van der Waals surface area contributed by atoms with Crippen LogP contribution in [0.5, 0.6) is 5.75 Å². The monoisotopic (exact) mass is 1010 g/mol. The van der Waals surface area contributed by atoms with Crippen molar-refractivity contribution in [2.24, 2.45) is 5.92 Å². The first-order valence-electron chi connectivity index (χ1n) is 24.4. The Morgan fingerprint density at radius 3 is 2.29 bits per heavy atom. The molecule has 3 fully saturated rings. The molecule has 2 saturated heterocycles. The molecule has 72 heavy (non-hydrogen) atoms. The number of nitrogens with zero attached hydrogens (tertiary/aromatic N) is 7. The zero-order chi connectivity index (χ0) is 51.2. The number of ether oxygens (including phenoxy) is 5. The fourth-order valence-electron chi connectivity index (χ4n) is 9.47. The summed E-state index contributed by atoms with van der Waals surface area (Å²) in [6, 6.07) is 8.69. The lowest BCUT2D eigenvalue weighted by molar-refractivity contribution is -0.137. The molecule has 19 nitrogen and oxygen atoms in total. The van der Waals surface area contributed by atoms with Crippen LogP contribution < -0.4 is 20.7 Å². The molecule has 0 radical (unpaired) electrons. The van der Waals surface area contributed by atoms with E-state index in [-0.39, 0.29) is 78.4 Å². The van der Waals surface area contributed by atoms with Gasteiger partial charge >= 0.3 is 6.18 Å². The number of rotatable bonds is 25. The van der Waals surface area contributed by atoms with Gasteiger partial charge in [-0.1, -0.05) is 6.07 Å². The Bertz CT molecular complexity index is 2440. The molecule has 1 aromatic carbocycles. The molecule has 0 unspecified atom stereocenters. The van der Waals surface area contributed by atoms with Crippen molar-refractivity contribution in [3.8, 4) is 5.75 Å². The second kappa shape index (κ2) is 25.5. The molecular formula is C50H65F3N10O9. The minimum atomic E-state index is -4.56. The third-order valence-electron chi connectivity index (χ3n) is 13.5. The van der Waals surface area contributed by atoms with Crippen LogP contribution in [0.25, 0.3) is 10.9 Å². The Kier molecular flexibility index (Phi) is 19.1. The van der Waals surface area contributed by atoms with Gasteiger partial charge in [0.2, 0.25) is 17.7 Å². The minimum Gasteiger partial charge on any atom is -0.491 e. The molecule has 3 aromatic heterocycles. The first kappa shape index (κ1) is 53.7. The number of amides is 4. The summed E-state index contributed by atoms with van der Waals surface area (Å²) in [7, 11) is 3.75. The Morgan fingerprint density at radius 1 is 0.875 bits per heavy atom. The average molecular weight is 1010 g/mol. The van der Waals surface area contributed by atoms with Gasteiger partial charge in [-0.3, -0.25) is 29.1 Å². The second-order valence-electron chi connectivity index (χ2n) is 18.4. The highest BCUT2D eigenvalue weighted by Gasteiger charge is 2.45. The molecule has 3 aliphatic rings. The SMILES string of the molecule is CC(C)N(C)[C@@H]1CC[C@H](N2CC[C@H](Nc3ncnc4ccc(C(F)(F)F)cc34)C2=O)[C@H](NC(=O)c2cc(OCCOCCOCCOCCOCCNC(=O)[C@H]3CC(=O)N(C)[C@@H]3c3cccnc3)ccn2)C1. The van der Waals surface area contributed by atoms with Gasteiger partial charge < -0.3 is 54.3 Å². The number of carbonyl (C=O) groups is 4. The van der Waals surface area contributed by atoms with Gasteiger partial charge in [-0.05, 0) is 82.5 Å². The summed E-state index contributed by atoms with van der Waals surface area (Å²) >= 11 is 0. The van der Waals surface area contributed by atoms with Crippen molar-refractivity contribution in [2.75, 3.05) is 92.0 Å². The molecule has 7 rings (SSSR count). The lowest BCUT2D eigenvalue weighted by Crippen LogP contribution is -2.58. The van der Waals surface area contributed by atoms with Crippen molar-refractivity contribution >= 4 is 40.3 Å². The molecule has 390 valence electrons. The Labute approximate surface area is 416 Å². The van der Waals surface area contributed by atoms with Crippen LogP contribution in [0.4, 0.5) is 19.0 Å². The Balaban J connectivity index is 0.780. The molecule has 6 atom stereocenters. The summed E-state index contributed by atoms with van der Waals surface area (Å²) in [6.07, 6.45) is 4.09. The Morgan fingerprint density at radius 2 is 1.60 bits per heavy atom. The smallest absolute Gasteiger partial charge is 0.416 e. The van der Waals surface area contributed by atoms with Crippen LogP contribution in [-0.2, 0) is 39.5 Å². The van der Waals surface area contributed by atoms with Crippen molar-refractivity contribution in [3.63, 3.8) is 0 Å².